The van der Waals surface area contributed by atoms with Gasteiger partial charge in [0, 0.05) is 23.8 Å². The second kappa shape index (κ2) is 11.0. The molecule has 1 atom stereocenters. The highest BCUT2D eigenvalue weighted by Gasteiger charge is 2.26. The van der Waals surface area contributed by atoms with Crippen LogP contribution in [0.1, 0.15) is 41.0 Å². The van der Waals surface area contributed by atoms with Crippen molar-refractivity contribution in [2.24, 2.45) is 0 Å². The normalized spacial score (nSPS) is 16.0. The zero-order chi connectivity index (χ0) is 26.7. The van der Waals surface area contributed by atoms with Crippen molar-refractivity contribution in [3.63, 3.8) is 0 Å². The monoisotopic (exact) mass is 538 g/mol. The summed E-state index contributed by atoms with van der Waals surface area (Å²) in [7, 11) is -3.00. The Labute approximate surface area is 222 Å². The molecular weight excluding hydrogens is 508 g/mol. The third-order valence-corrected chi connectivity index (χ3v) is 7.71. The minimum atomic E-state index is -3.00. The maximum absolute atomic E-state index is 11.3. The van der Waals surface area contributed by atoms with Crippen LogP contribution >= 0.6 is 0 Å². The smallest absolute Gasteiger partial charge is 0.304 e. The lowest BCUT2D eigenvalue weighted by Crippen LogP contribution is -2.08. The molecule has 0 aromatic heterocycles. The molecule has 3 aromatic carbocycles. The molecule has 8 nitrogen and oxygen atoms in total. The summed E-state index contributed by atoms with van der Waals surface area (Å²) < 4.78 is 46.1. The van der Waals surface area contributed by atoms with Crippen LogP contribution in [0.25, 0.3) is 11.1 Å². The Morgan fingerprint density at radius 3 is 2.58 bits per heavy atom. The Balaban J connectivity index is 1.27. The number of rotatable bonds is 10. The lowest BCUT2D eigenvalue weighted by molar-refractivity contribution is -0.137. The standard InChI is InChI=1S/C29H30O8S/c1-38(32,33)10-2-9-35-23-5-7-25-21(12-23)17-34-16-20-4-3-19(11-27(20)25)15-36-24-6-8-26-22(13-29(30)31)18-37-28(26)14-24/h3-8,11-12,14,22H,2,9-10,13,15-18H2,1H3,(H,30,31). The Morgan fingerprint density at radius 2 is 1.76 bits per heavy atom. The van der Waals surface area contributed by atoms with E-state index in [4.69, 9.17) is 24.1 Å². The first-order valence-corrected chi connectivity index (χ1v) is 14.6. The van der Waals surface area contributed by atoms with E-state index < -0.39 is 15.8 Å². The van der Waals surface area contributed by atoms with Gasteiger partial charge in [-0.3, -0.25) is 4.79 Å². The molecule has 2 aliphatic rings. The van der Waals surface area contributed by atoms with Gasteiger partial charge >= 0.3 is 5.97 Å². The minimum absolute atomic E-state index is 0.0460. The van der Waals surface area contributed by atoms with E-state index in [1.54, 1.807) is 0 Å². The number of fused-ring (bicyclic) bond motifs is 4. The van der Waals surface area contributed by atoms with Gasteiger partial charge in [-0.25, -0.2) is 8.42 Å². The molecule has 0 saturated carbocycles. The zero-order valence-electron chi connectivity index (χ0n) is 21.1. The predicted molar refractivity (Wildman–Crippen MR) is 141 cm³/mol. The fourth-order valence-electron chi connectivity index (χ4n) is 4.81. The van der Waals surface area contributed by atoms with Gasteiger partial charge in [0.2, 0.25) is 0 Å². The summed E-state index contributed by atoms with van der Waals surface area (Å²) in [5.74, 6) is 1.15. The highest BCUT2D eigenvalue weighted by molar-refractivity contribution is 7.90. The first-order chi connectivity index (χ1) is 18.2. The van der Waals surface area contributed by atoms with Crippen LogP contribution in [-0.2, 0) is 39.2 Å². The molecule has 38 heavy (non-hydrogen) atoms. The highest BCUT2D eigenvalue weighted by atomic mass is 32.2. The van der Waals surface area contributed by atoms with Crippen molar-refractivity contribution < 1.29 is 37.3 Å². The zero-order valence-corrected chi connectivity index (χ0v) is 22.0. The van der Waals surface area contributed by atoms with Crippen LogP contribution in [0.2, 0.25) is 0 Å². The largest absolute Gasteiger partial charge is 0.494 e. The molecular formula is C29H30O8S. The van der Waals surface area contributed by atoms with Crippen LogP contribution in [0.15, 0.2) is 54.6 Å². The first-order valence-electron chi connectivity index (χ1n) is 12.5. The van der Waals surface area contributed by atoms with E-state index in [1.807, 2.05) is 42.5 Å². The lowest BCUT2D eigenvalue weighted by atomic mass is 9.95. The van der Waals surface area contributed by atoms with E-state index in [1.165, 1.54) is 6.26 Å². The van der Waals surface area contributed by atoms with Gasteiger partial charge in [-0.15, -0.1) is 0 Å². The summed E-state index contributed by atoms with van der Waals surface area (Å²) in [5.41, 5.74) is 6.15. The number of sulfone groups is 1. The van der Waals surface area contributed by atoms with Crippen molar-refractivity contribution in [3.8, 4) is 28.4 Å². The Bertz CT molecular complexity index is 1450. The first kappa shape index (κ1) is 26.1. The van der Waals surface area contributed by atoms with Gasteiger partial charge in [0.05, 0.1) is 38.6 Å². The molecule has 0 bridgehead atoms. The van der Waals surface area contributed by atoms with E-state index in [9.17, 15) is 13.2 Å². The summed E-state index contributed by atoms with van der Waals surface area (Å²) in [4.78, 5) is 11.1. The molecule has 1 N–H and O–H groups in total. The fourth-order valence-corrected chi connectivity index (χ4v) is 5.45. The summed E-state index contributed by atoms with van der Waals surface area (Å²) >= 11 is 0. The molecule has 0 spiro atoms. The summed E-state index contributed by atoms with van der Waals surface area (Å²) in [6.45, 7) is 2.01. The van der Waals surface area contributed by atoms with E-state index in [-0.39, 0.29) is 18.1 Å². The van der Waals surface area contributed by atoms with Crippen molar-refractivity contribution in [1.29, 1.82) is 0 Å². The molecule has 0 amide bonds. The molecule has 200 valence electrons. The number of carboxylic acids is 1. The summed E-state index contributed by atoms with van der Waals surface area (Å²) in [6, 6.07) is 17.6. The predicted octanol–water partition coefficient (Wildman–Crippen LogP) is 4.73. The van der Waals surface area contributed by atoms with Crippen molar-refractivity contribution in [3.05, 3.63) is 76.9 Å². The number of carbonyl (C=O) groups is 1. The van der Waals surface area contributed by atoms with Gasteiger partial charge in [0.15, 0.2) is 0 Å². The fraction of sp³-hybridized carbons (Fsp3) is 0.345. The van der Waals surface area contributed by atoms with Gasteiger partial charge in [0.1, 0.15) is 33.7 Å². The average molecular weight is 539 g/mol. The van der Waals surface area contributed by atoms with Crippen LogP contribution in [0.5, 0.6) is 17.2 Å². The second-order valence-electron chi connectivity index (χ2n) is 9.73. The highest BCUT2D eigenvalue weighted by Crippen LogP contribution is 2.39. The Morgan fingerprint density at radius 1 is 0.974 bits per heavy atom. The maximum Gasteiger partial charge on any atom is 0.304 e. The summed E-state index contributed by atoms with van der Waals surface area (Å²) in [5, 5.41) is 9.10. The average Bonchev–Trinajstić information content (AvgIpc) is 3.17. The van der Waals surface area contributed by atoms with Crippen LogP contribution < -0.4 is 14.2 Å². The Hall–Kier alpha value is -3.56. The van der Waals surface area contributed by atoms with Crippen LogP contribution in [0, 0.1) is 0 Å². The number of aliphatic carboxylic acids is 1. The number of benzene rings is 3. The van der Waals surface area contributed by atoms with Crippen molar-refractivity contribution >= 4 is 15.8 Å². The SMILES string of the molecule is CS(=O)(=O)CCCOc1ccc2c(c1)COCc1ccc(COc3ccc4c(c3)OCC4CC(=O)O)cc1-2. The summed E-state index contributed by atoms with van der Waals surface area (Å²) in [6.07, 6.45) is 1.71. The molecule has 0 aliphatic carbocycles. The molecule has 0 fully saturated rings. The third kappa shape index (κ3) is 6.28. The molecule has 5 rings (SSSR count). The number of hydrogen-bond acceptors (Lipinski definition) is 7. The van der Waals surface area contributed by atoms with Crippen LogP contribution in [-0.4, -0.2) is 44.7 Å². The van der Waals surface area contributed by atoms with Crippen molar-refractivity contribution in [2.45, 2.75) is 38.6 Å². The van der Waals surface area contributed by atoms with E-state index in [2.05, 4.69) is 12.1 Å². The van der Waals surface area contributed by atoms with Gasteiger partial charge in [-0.05, 0) is 58.5 Å². The van der Waals surface area contributed by atoms with E-state index in [0.717, 1.165) is 33.4 Å². The minimum Gasteiger partial charge on any atom is -0.494 e. The molecule has 0 saturated heterocycles. The van der Waals surface area contributed by atoms with Crippen LogP contribution in [0.4, 0.5) is 0 Å². The van der Waals surface area contributed by atoms with E-state index in [0.29, 0.717) is 56.7 Å². The third-order valence-electron chi connectivity index (χ3n) is 6.68. The molecule has 2 aliphatic heterocycles. The lowest BCUT2D eigenvalue weighted by Gasteiger charge is -2.14. The molecule has 2 heterocycles. The molecule has 3 aromatic rings. The van der Waals surface area contributed by atoms with E-state index >= 15 is 0 Å². The van der Waals surface area contributed by atoms with Gasteiger partial charge in [-0.2, -0.15) is 0 Å². The quantitative estimate of drug-likeness (QED) is 0.369. The Kier molecular flexibility index (Phi) is 7.58. The van der Waals surface area contributed by atoms with Crippen molar-refractivity contribution in [2.75, 3.05) is 25.2 Å². The van der Waals surface area contributed by atoms with Crippen LogP contribution in [0.3, 0.4) is 0 Å². The number of hydrogen-bond donors (Lipinski definition) is 1. The molecule has 0 radical (unpaired) electrons. The maximum atomic E-state index is 11.3. The number of ether oxygens (including phenoxy) is 4. The molecule has 1 unspecified atom stereocenters. The van der Waals surface area contributed by atoms with Crippen molar-refractivity contribution in [1.82, 2.24) is 0 Å². The van der Waals surface area contributed by atoms with Gasteiger partial charge in [-0.1, -0.05) is 24.3 Å². The molecule has 9 heteroatoms. The topological polar surface area (TPSA) is 108 Å². The van der Waals surface area contributed by atoms with Gasteiger partial charge in [0.25, 0.3) is 0 Å². The second-order valence-corrected chi connectivity index (χ2v) is 12.0. The van der Waals surface area contributed by atoms with Gasteiger partial charge < -0.3 is 24.1 Å². The number of carboxylic acid groups (broad SMARTS) is 1.